The number of aliphatic hydroxyl groups excluding tert-OH is 1. The lowest BCUT2D eigenvalue weighted by Crippen LogP contribution is -2.46. The zero-order valence-corrected chi connectivity index (χ0v) is 10.3. The van der Waals surface area contributed by atoms with E-state index in [4.69, 9.17) is 0 Å². The van der Waals surface area contributed by atoms with E-state index in [-0.39, 0.29) is 12.5 Å². The first kappa shape index (κ1) is 13.1. The van der Waals surface area contributed by atoms with Gasteiger partial charge in [0.05, 0.1) is 12.6 Å². The minimum Gasteiger partial charge on any atom is -0.394 e. The second-order valence-electron chi connectivity index (χ2n) is 4.86. The van der Waals surface area contributed by atoms with E-state index in [1.54, 1.807) is 0 Å². The van der Waals surface area contributed by atoms with E-state index in [0.29, 0.717) is 12.8 Å². The summed E-state index contributed by atoms with van der Waals surface area (Å²) in [6, 6.07) is 8.83. The van der Waals surface area contributed by atoms with Gasteiger partial charge in [0, 0.05) is 0 Å². The maximum Gasteiger partial charge on any atom is 0.252 e. The molecule has 0 unspecified atom stereocenters. The van der Waals surface area contributed by atoms with Gasteiger partial charge in [-0.25, -0.2) is 0 Å². The highest BCUT2D eigenvalue weighted by atomic mass is 16.3. The molecule has 18 heavy (non-hydrogen) atoms. The summed E-state index contributed by atoms with van der Waals surface area (Å²) in [7, 11) is 0. The van der Waals surface area contributed by atoms with Crippen LogP contribution in [-0.4, -0.2) is 28.3 Å². The molecule has 0 aliphatic heterocycles. The van der Waals surface area contributed by atoms with Crippen LogP contribution in [0.1, 0.15) is 37.3 Å². The summed E-state index contributed by atoms with van der Waals surface area (Å²) in [4.78, 5) is 12.0. The minimum atomic E-state index is -1.25. The summed E-state index contributed by atoms with van der Waals surface area (Å²) in [6.45, 7) is -0.175. The molecule has 1 aromatic carbocycles. The average molecular weight is 249 g/mol. The Bertz CT molecular complexity index is 399. The molecule has 1 aromatic rings. The topological polar surface area (TPSA) is 69.6 Å². The SMILES string of the molecule is O=C(N[C@H](CO)c1ccccc1)C1(O)CCCC1. The lowest BCUT2D eigenvalue weighted by Gasteiger charge is -2.25. The zero-order chi connectivity index (χ0) is 13.0. The highest BCUT2D eigenvalue weighted by Crippen LogP contribution is 2.30. The van der Waals surface area contributed by atoms with Gasteiger partial charge in [0.2, 0.25) is 0 Å². The molecule has 0 bridgehead atoms. The summed E-state index contributed by atoms with van der Waals surface area (Å²) in [5.41, 5.74) is -0.405. The number of carbonyl (C=O) groups is 1. The average Bonchev–Trinajstić information content (AvgIpc) is 2.85. The maximum atomic E-state index is 12.0. The van der Waals surface area contributed by atoms with Gasteiger partial charge in [0.1, 0.15) is 5.60 Å². The van der Waals surface area contributed by atoms with Crippen molar-refractivity contribution in [2.45, 2.75) is 37.3 Å². The van der Waals surface area contributed by atoms with E-state index < -0.39 is 11.6 Å². The lowest BCUT2D eigenvalue weighted by molar-refractivity contribution is -0.140. The van der Waals surface area contributed by atoms with Crippen molar-refractivity contribution >= 4 is 5.91 Å². The van der Waals surface area contributed by atoms with Crippen molar-refractivity contribution in [1.82, 2.24) is 5.32 Å². The lowest BCUT2D eigenvalue weighted by atomic mass is 10.00. The van der Waals surface area contributed by atoms with E-state index in [1.807, 2.05) is 30.3 Å². The third-order valence-electron chi connectivity index (χ3n) is 3.54. The first-order valence-electron chi connectivity index (χ1n) is 6.35. The summed E-state index contributed by atoms with van der Waals surface area (Å²) in [6.07, 6.45) is 2.76. The van der Waals surface area contributed by atoms with Crippen molar-refractivity contribution in [2.24, 2.45) is 0 Å². The molecule has 1 saturated carbocycles. The molecule has 1 aliphatic carbocycles. The van der Waals surface area contributed by atoms with Crippen molar-refractivity contribution in [2.75, 3.05) is 6.61 Å². The van der Waals surface area contributed by atoms with Crippen molar-refractivity contribution in [3.63, 3.8) is 0 Å². The predicted molar refractivity (Wildman–Crippen MR) is 67.8 cm³/mol. The molecule has 4 nitrogen and oxygen atoms in total. The molecule has 1 fully saturated rings. The summed E-state index contributed by atoms with van der Waals surface area (Å²) >= 11 is 0. The monoisotopic (exact) mass is 249 g/mol. The van der Waals surface area contributed by atoms with Crippen LogP contribution < -0.4 is 5.32 Å². The Labute approximate surface area is 107 Å². The normalized spacial score (nSPS) is 19.4. The minimum absolute atomic E-state index is 0.175. The van der Waals surface area contributed by atoms with Gasteiger partial charge in [-0.2, -0.15) is 0 Å². The van der Waals surface area contributed by atoms with Crippen LogP contribution >= 0.6 is 0 Å². The maximum absolute atomic E-state index is 12.0. The van der Waals surface area contributed by atoms with E-state index in [2.05, 4.69) is 5.32 Å². The third-order valence-corrected chi connectivity index (χ3v) is 3.54. The number of rotatable bonds is 4. The predicted octanol–water partition coefficient (Wildman–Crippen LogP) is 1.14. The number of amides is 1. The van der Waals surface area contributed by atoms with Gasteiger partial charge in [0.15, 0.2) is 0 Å². The molecule has 0 heterocycles. The Balaban J connectivity index is 2.05. The van der Waals surface area contributed by atoms with Crippen molar-refractivity contribution in [1.29, 1.82) is 0 Å². The second kappa shape index (κ2) is 5.50. The fourth-order valence-electron chi connectivity index (χ4n) is 2.40. The zero-order valence-electron chi connectivity index (χ0n) is 10.3. The molecule has 1 amide bonds. The molecule has 0 saturated heterocycles. The smallest absolute Gasteiger partial charge is 0.252 e. The van der Waals surface area contributed by atoms with Gasteiger partial charge < -0.3 is 15.5 Å². The number of aliphatic hydroxyl groups is 2. The van der Waals surface area contributed by atoms with Gasteiger partial charge in [-0.3, -0.25) is 4.79 Å². The molecule has 98 valence electrons. The van der Waals surface area contributed by atoms with Crippen LogP contribution in [0.3, 0.4) is 0 Å². The largest absolute Gasteiger partial charge is 0.394 e. The highest BCUT2D eigenvalue weighted by molar-refractivity contribution is 5.85. The number of carbonyl (C=O) groups excluding carboxylic acids is 1. The number of benzene rings is 1. The number of hydrogen-bond donors (Lipinski definition) is 3. The van der Waals surface area contributed by atoms with Crippen LogP contribution in [0.5, 0.6) is 0 Å². The fourth-order valence-corrected chi connectivity index (χ4v) is 2.40. The van der Waals surface area contributed by atoms with Gasteiger partial charge in [-0.15, -0.1) is 0 Å². The molecule has 1 atom stereocenters. The summed E-state index contributed by atoms with van der Waals surface area (Å²) in [5.74, 6) is -0.372. The van der Waals surface area contributed by atoms with E-state index in [0.717, 1.165) is 18.4 Å². The van der Waals surface area contributed by atoms with Gasteiger partial charge in [-0.1, -0.05) is 30.3 Å². The van der Waals surface area contributed by atoms with Crippen LogP contribution in [0.2, 0.25) is 0 Å². The Hall–Kier alpha value is -1.39. The van der Waals surface area contributed by atoms with Crippen LogP contribution in [0.25, 0.3) is 0 Å². The standard InChI is InChI=1S/C14H19NO3/c16-10-12(11-6-2-1-3-7-11)15-13(17)14(18)8-4-5-9-14/h1-3,6-7,12,16,18H,4-5,8-10H2,(H,15,17)/t12-/m1/s1. The fraction of sp³-hybridized carbons (Fsp3) is 0.500. The Morgan fingerprint density at radius 3 is 2.44 bits per heavy atom. The van der Waals surface area contributed by atoms with Crippen LogP contribution in [0, 0.1) is 0 Å². The Morgan fingerprint density at radius 1 is 1.28 bits per heavy atom. The Morgan fingerprint density at radius 2 is 1.89 bits per heavy atom. The first-order valence-corrected chi connectivity index (χ1v) is 6.35. The quantitative estimate of drug-likeness (QED) is 0.749. The van der Waals surface area contributed by atoms with Crippen LogP contribution in [0.15, 0.2) is 30.3 Å². The molecule has 1 aliphatic rings. The molecule has 4 heteroatoms. The number of hydrogen-bond acceptors (Lipinski definition) is 3. The molecule has 0 spiro atoms. The molecule has 0 aromatic heterocycles. The van der Waals surface area contributed by atoms with Crippen molar-refractivity contribution in [3.8, 4) is 0 Å². The highest BCUT2D eigenvalue weighted by Gasteiger charge is 2.39. The van der Waals surface area contributed by atoms with E-state index in [1.165, 1.54) is 0 Å². The van der Waals surface area contributed by atoms with Crippen molar-refractivity contribution < 1.29 is 15.0 Å². The molecular formula is C14H19NO3. The van der Waals surface area contributed by atoms with E-state index >= 15 is 0 Å². The van der Waals surface area contributed by atoms with Gasteiger partial charge in [0.25, 0.3) is 5.91 Å². The molecular weight excluding hydrogens is 230 g/mol. The van der Waals surface area contributed by atoms with E-state index in [9.17, 15) is 15.0 Å². The number of nitrogens with one attached hydrogen (secondary N) is 1. The summed E-state index contributed by atoms with van der Waals surface area (Å²) in [5, 5.41) is 22.2. The van der Waals surface area contributed by atoms with Gasteiger partial charge in [-0.05, 0) is 31.2 Å². The first-order chi connectivity index (χ1) is 8.65. The van der Waals surface area contributed by atoms with Crippen molar-refractivity contribution in [3.05, 3.63) is 35.9 Å². The van der Waals surface area contributed by atoms with Gasteiger partial charge >= 0.3 is 0 Å². The Kier molecular flexibility index (Phi) is 3.99. The third kappa shape index (κ3) is 2.71. The molecule has 3 N–H and O–H groups in total. The molecule has 2 rings (SSSR count). The van der Waals surface area contributed by atoms with Crippen LogP contribution in [0.4, 0.5) is 0 Å². The summed E-state index contributed by atoms with van der Waals surface area (Å²) < 4.78 is 0. The molecule has 0 radical (unpaired) electrons. The van der Waals surface area contributed by atoms with Crippen LogP contribution in [-0.2, 0) is 4.79 Å². The second-order valence-corrected chi connectivity index (χ2v) is 4.86.